The van der Waals surface area contributed by atoms with Crippen LogP contribution in [0.2, 0.25) is 0 Å². The summed E-state index contributed by atoms with van der Waals surface area (Å²) in [5, 5.41) is 18.6. The summed E-state index contributed by atoms with van der Waals surface area (Å²) in [5.41, 5.74) is -0.456. The molecule has 0 aliphatic heterocycles. The molecule has 0 aromatic heterocycles. The standard InChI is InChI=1S/C9H18O2/c1-8-4-2-5-9(8,11)6-3-7-10/h8,10-11H,2-7H2,1H3/t8-,9?/m1/s1. The first-order chi connectivity index (χ1) is 5.19. The van der Waals surface area contributed by atoms with E-state index >= 15 is 0 Å². The van der Waals surface area contributed by atoms with E-state index in [0.29, 0.717) is 5.92 Å². The van der Waals surface area contributed by atoms with Crippen LogP contribution in [0, 0.1) is 5.92 Å². The zero-order valence-electron chi connectivity index (χ0n) is 7.21. The summed E-state index contributed by atoms with van der Waals surface area (Å²) in [5.74, 6) is 0.425. The SMILES string of the molecule is C[C@@H]1CCCC1(O)CCCO. The maximum absolute atomic E-state index is 9.98. The van der Waals surface area contributed by atoms with E-state index in [1.54, 1.807) is 0 Å². The monoisotopic (exact) mass is 158 g/mol. The predicted molar refractivity (Wildman–Crippen MR) is 44.3 cm³/mol. The summed E-state index contributed by atoms with van der Waals surface area (Å²) < 4.78 is 0. The lowest BCUT2D eigenvalue weighted by molar-refractivity contribution is -0.00424. The molecular weight excluding hydrogens is 140 g/mol. The van der Waals surface area contributed by atoms with Gasteiger partial charge in [0, 0.05) is 6.61 Å². The van der Waals surface area contributed by atoms with E-state index < -0.39 is 5.60 Å². The van der Waals surface area contributed by atoms with Crippen LogP contribution in [0.3, 0.4) is 0 Å². The zero-order valence-corrected chi connectivity index (χ0v) is 7.21. The van der Waals surface area contributed by atoms with Crippen molar-refractivity contribution in [1.82, 2.24) is 0 Å². The highest BCUT2D eigenvalue weighted by atomic mass is 16.3. The van der Waals surface area contributed by atoms with E-state index in [-0.39, 0.29) is 6.61 Å². The maximum Gasteiger partial charge on any atom is 0.0674 e. The van der Waals surface area contributed by atoms with E-state index in [1.807, 2.05) is 0 Å². The molecule has 66 valence electrons. The molecule has 1 saturated carbocycles. The lowest BCUT2D eigenvalue weighted by atomic mass is 9.88. The lowest BCUT2D eigenvalue weighted by Gasteiger charge is -2.27. The fraction of sp³-hybridized carbons (Fsp3) is 1.00. The summed E-state index contributed by atoms with van der Waals surface area (Å²) in [7, 11) is 0. The van der Waals surface area contributed by atoms with Crippen LogP contribution in [0.4, 0.5) is 0 Å². The van der Waals surface area contributed by atoms with E-state index in [1.165, 1.54) is 0 Å². The Morgan fingerprint density at radius 2 is 2.27 bits per heavy atom. The van der Waals surface area contributed by atoms with Gasteiger partial charge in [0.1, 0.15) is 0 Å². The Bertz CT molecular complexity index is 125. The molecule has 0 spiro atoms. The second-order valence-corrected chi connectivity index (χ2v) is 3.72. The molecule has 2 heteroatoms. The minimum atomic E-state index is -0.456. The first kappa shape index (κ1) is 9.01. The van der Waals surface area contributed by atoms with Gasteiger partial charge in [0.25, 0.3) is 0 Å². The summed E-state index contributed by atoms with van der Waals surface area (Å²) in [4.78, 5) is 0. The van der Waals surface area contributed by atoms with Gasteiger partial charge in [-0.15, -0.1) is 0 Å². The van der Waals surface area contributed by atoms with Gasteiger partial charge in [-0.1, -0.05) is 13.3 Å². The van der Waals surface area contributed by atoms with E-state index in [0.717, 1.165) is 32.1 Å². The van der Waals surface area contributed by atoms with Crippen molar-refractivity contribution in [2.75, 3.05) is 6.61 Å². The van der Waals surface area contributed by atoms with Crippen LogP contribution in [0.5, 0.6) is 0 Å². The average Bonchev–Trinajstić information content (AvgIpc) is 2.30. The maximum atomic E-state index is 9.98. The Hall–Kier alpha value is -0.0800. The van der Waals surface area contributed by atoms with Gasteiger partial charge in [-0.3, -0.25) is 0 Å². The Morgan fingerprint density at radius 1 is 1.55 bits per heavy atom. The van der Waals surface area contributed by atoms with Crippen molar-refractivity contribution in [2.24, 2.45) is 5.92 Å². The van der Waals surface area contributed by atoms with E-state index in [9.17, 15) is 5.11 Å². The number of aliphatic hydroxyl groups excluding tert-OH is 1. The summed E-state index contributed by atoms with van der Waals surface area (Å²) in [6.07, 6.45) is 4.71. The topological polar surface area (TPSA) is 40.5 Å². The fourth-order valence-electron chi connectivity index (χ4n) is 1.99. The lowest BCUT2D eigenvalue weighted by Crippen LogP contribution is -2.31. The highest BCUT2D eigenvalue weighted by Crippen LogP contribution is 2.38. The fourth-order valence-corrected chi connectivity index (χ4v) is 1.99. The molecular formula is C9H18O2. The molecule has 1 unspecified atom stereocenters. The van der Waals surface area contributed by atoms with Crippen LogP contribution < -0.4 is 0 Å². The molecule has 0 aromatic carbocycles. The van der Waals surface area contributed by atoms with Gasteiger partial charge in [-0.05, 0) is 31.6 Å². The third kappa shape index (κ3) is 1.94. The molecule has 11 heavy (non-hydrogen) atoms. The molecule has 0 saturated heterocycles. The van der Waals surface area contributed by atoms with Crippen LogP contribution in [-0.4, -0.2) is 22.4 Å². The van der Waals surface area contributed by atoms with Crippen molar-refractivity contribution in [3.63, 3.8) is 0 Å². The van der Waals surface area contributed by atoms with Crippen molar-refractivity contribution >= 4 is 0 Å². The molecule has 0 amide bonds. The minimum Gasteiger partial charge on any atom is -0.396 e. The van der Waals surface area contributed by atoms with Gasteiger partial charge in [0.05, 0.1) is 5.60 Å². The smallest absolute Gasteiger partial charge is 0.0674 e. The number of rotatable bonds is 3. The first-order valence-electron chi connectivity index (χ1n) is 4.52. The molecule has 2 nitrogen and oxygen atoms in total. The second kappa shape index (κ2) is 3.55. The largest absolute Gasteiger partial charge is 0.396 e. The van der Waals surface area contributed by atoms with Gasteiger partial charge in [0.15, 0.2) is 0 Å². The highest BCUT2D eigenvalue weighted by Gasteiger charge is 2.37. The summed E-state index contributed by atoms with van der Waals surface area (Å²) in [6, 6.07) is 0. The molecule has 2 N–H and O–H groups in total. The van der Waals surface area contributed by atoms with Crippen LogP contribution in [0.25, 0.3) is 0 Å². The number of hydrogen-bond acceptors (Lipinski definition) is 2. The van der Waals surface area contributed by atoms with Gasteiger partial charge < -0.3 is 10.2 Å². The molecule has 0 bridgehead atoms. The molecule has 1 rings (SSSR count). The van der Waals surface area contributed by atoms with Crippen molar-refractivity contribution < 1.29 is 10.2 Å². The summed E-state index contributed by atoms with van der Waals surface area (Å²) in [6.45, 7) is 2.30. The normalized spacial score (nSPS) is 37.9. The van der Waals surface area contributed by atoms with Gasteiger partial charge in [-0.2, -0.15) is 0 Å². The van der Waals surface area contributed by atoms with Crippen LogP contribution in [0.15, 0.2) is 0 Å². The Kier molecular flexibility index (Phi) is 2.90. The molecule has 0 aromatic rings. The number of aliphatic hydroxyl groups is 2. The molecule has 1 aliphatic carbocycles. The number of hydrogen-bond donors (Lipinski definition) is 2. The Labute approximate surface area is 68.2 Å². The molecule has 2 atom stereocenters. The molecule has 1 fully saturated rings. The zero-order chi connectivity index (χ0) is 8.32. The van der Waals surface area contributed by atoms with Crippen LogP contribution in [0.1, 0.15) is 39.0 Å². The average molecular weight is 158 g/mol. The quantitative estimate of drug-likeness (QED) is 0.650. The minimum absolute atomic E-state index is 0.203. The van der Waals surface area contributed by atoms with E-state index in [4.69, 9.17) is 5.11 Å². The van der Waals surface area contributed by atoms with Gasteiger partial charge in [-0.25, -0.2) is 0 Å². The Balaban J connectivity index is 2.38. The van der Waals surface area contributed by atoms with Crippen molar-refractivity contribution in [1.29, 1.82) is 0 Å². The molecule has 0 heterocycles. The van der Waals surface area contributed by atoms with Crippen LogP contribution >= 0.6 is 0 Å². The summed E-state index contributed by atoms with van der Waals surface area (Å²) >= 11 is 0. The first-order valence-corrected chi connectivity index (χ1v) is 4.52. The third-order valence-corrected chi connectivity index (χ3v) is 2.93. The predicted octanol–water partition coefficient (Wildman–Crippen LogP) is 1.31. The van der Waals surface area contributed by atoms with E-state index in [2.05, 4.69) is 6.92 Å². The Morgan fingerprint density at radius 3 is 2.73 bits per heavy atom. The van der Waals surface area contributed by atoms with Crippen molar-refractivity contribution in [3.05, 3.63) is 0 Å². The van der Waals surface area contributed by atoms with Crippen LogP contribution in [-0.2, 0) is 0 Å². The van der Waals surface area contributed by atoms with Crippen molar-refractivity contribution in [3.8, 4) is 0 Å². The third-order valence-electron chi connectivity index (χ3n) is 2.93. The highest BCUT2D eigenvalue weighted by molar-refractivity contribution is 4.89. The molecule has 0 radical (unpaired) electrons. The second-order valence-electron chi connectivity index (χ2n) is 3.72. The van der Waals surface area contributed by atoms with Gasteiger partial charge >= 0.3 is 0 Å². The molecule has 1 aliphatic rings. The van der Waals surface area contributed by atoms with Crippen molar-refractivity contribution in [2.45, 2.75) is 44.6 Å². The van der Waals surface area contributed by atoms with Gasteiger partial charge in [0.2, 0.25) is 0 Å².